The van der Waals surface area contributed by atoms with Crippen LogP contribution in [0.1, 0.15) is 5.56 Å². The first-order valence-corrected chi connectivity index (χ1v) is 6.71. The summed E-state index contributed by atoms with van der Waals surface area (Å²) in [6.45, 7) is 3.37. The lowest BCUT2D eigenvalue weighted by Crippen LogP contribution is -2.57. The van der Waals surface area contributed by atoms with Gasteiger partial charge in [0.15, 0.2) is 0 Å². The number of nitrogens with one attached hydrogen (secondary N) is 1. The molecule has 0 saturated carbocycles. The normalized spacial score (nSPS) is 16.4. The minimum Gasteiger partial charge on any atom is -0.313 e. The Bertz CT molecular complexity index is 486. The molecular formula is C11H17ClN2O2S. The van der Waals surface area contributed by atoms with Crippen molar-refractivity contribution < 1.29 is 8.42 Å². The molecule has 1 heterocycles. The number of benzene rings is 1. The van der Waals surface area contributed by atoms with Crippen molar-refractivity contribution in [1.29, 1.82) is 0 Å². The summed E-state index contributed by atoms with van der Waals surface area (Å²) in [4.78, 5) is 0.377. The fourth-order valence-electron chi connectivity index (χ4n) is 1.67. The topological polar surface area (TPSA) is 49.4 Å². The lowest BCUT2D eigenvalue weighted by atomic mass is 10.2. The predicted molar refractivity (Wildman–Crippen MR) is 70.0 cm³/mol. The summed E-state index contributed by atoms with van der Waals surface area (Å²) in [5, 5.41) is 3.07. The van der Waals surface area contributed by atoms with E-state index >= 15 is 0 Å². The van der Waals surface area contributed by atoms with Crippen molar-refractivity contribution in [3.63, 3.8) is 0 Å². The molecule has 0 amide bonds. The van der Waals surface area contributed by atoms with Gasteiger partial charge in [0, 0.05) is 26.2 Å². The van der Waals surface area contributed by atoms with Gasteiger partial charge in [0.05, 0.1) is 4.90 Å². The summed E-state index contributed by atoms with van der Waals surface area (Å²) >= 11 is 0. The second-order valence-corrected chi connectivity index (χ2v) is 6.15. The predicted octanol–water partition coefficient (Wildman–Crippen LogP) is 1.01. The van der Waals surface area contributed by atoms with E-state index < -0.39 is 10.0 Å². The highest BCUT2D eigenvalue weighted by Crippen LogP contribution is 2.18. The summed E-state index contributed by atoms with van der Waals surface area (Å²) in [7, 11) is -1.69. The van der Waals surface area contributed by atoms with E-state index in [1.807, 2.05) is 13.0 Å². The largest absolute Gasteiger partial charge is 0.313 e. The lowest BCUT2D eigenvalue weighted by Gasteiger charge is -2.34. The molecular weight excluding hydrogens is 260 g/mol. The molecule has 1 N–H and O–H groups in total. The van der Waals surface area contributed by atoms with Crippen LogP contribution in [-0.2, 0) is 10.0 Å². The maximum Gasteiger partial charge on any atom is 0.243 e. The Morgan fingerprint density at radius 3 is 2.47 bits per heavy atom. The van der Waals surface area contributed by atoms with Gasteiger partial charge < -0.3 is 5.32 Å². The van der Waals surface area contributed by atoms with Crippen LogP contribution in [0.2, 0.25) is 0 Å². The van der Waals surface area contributed by atoms with E-state index in [9.17, 15) is 8.42 Å². The molecule has 96 valence electrons. The number of aryl methyl sites for hydroxylation is 1. The highest BCUT2D eigenvalue weighted by Gasteiger charge is 2.31. The summed E-state index contributed by atoms with van der Waals surface area (Å²) in [6, 6.07) is 7.10. The van der Waals surface area contributed by atoms with Crippen molar-refractivity contribution in [2.75, 3.05) is 20.1 Å². The number of hydrogen-bond donors (Lipinski definition) is 1. The number of halogens is 1. The summed E-state index contributed by atoms with van der Waals surface area (Å²) in [6.07, 6.45) is 0. The molecule has 0 aromatic heterocycles. The van der Waals surface area contributed by atoms with Crippen molar-refractivity contribution in [2.45, 2.75) is 17.9 Å². The zero-order valence-corrected chi connectivity index (χ0v) is 11.5. The van der Waals surface area contributed by atoms with Gasteiger partial charge in [-0.1, -0.05) is 12.1 Å². The summed E-state index contributed by atoms with van der Waals surface area (Å²) < 4.78 is 25.9. The number of nitrogens with zero attached hydrogens (tertiary/aromatic N) is 1. The van der Waals surface area contributed by atoms with Gasteiger partial charge in [0.2, 0.25) is 10.0 Å². The van der Waals surface area contributed by atoms with Crippen molar-refractivity contribution in [1.82, 2.24) is 9.62 Å². The highest BCUT2D eigenvalue weighted by molar-refractivity contribution is 7.89. The molecule has 1 fully saturated rings. The number of rotatable bonds is 3. The molecule has 1 aromatic rings. The first-order chi connectivity index (χ1) is 7.51. The van der Waals surface area contributed by atoms with Gasteiger partial charge >= 0.3 is 0 Å². The lowest BCUT2D eigenvalue weighted by molar-refractivity contribution is 0.274. The summed E-state index contributed by atoms with van der Waals surface area (Å²) in [5.41, 5.74) is 0.959. The van der Waals surface area contributed by atoms with E-state index in [4.69, 9.17) is 0 Å². The molecule has 2 rings (SSSR count). The standard InChI is InChI=1S/C11H16N2O2S.ClH/c1-9-4-3-5-11(6-9)16(14,15)13(2)10-7-12-8-10;/h3-6,10,12H,7-8H2,1-2H3;1H. The minimum atomic E-state index is -3.33. The van der Waals surface area contributed by atoms with Crippen LogP contribution < -0.4 is 5.32 Å². The number of likely N-dealkylation sites (N-methyl/N-ethyl adjacent to an activating group) is 1. The Labute approximate surface area is 108 Å². The molecule has 4 nitrogen and oxygen atoms in total. The Hall–Kier alpha value is -0.620. The summed E-state index contributed by atoms with van der Waals surface area (Å²) in [5.74, 6) is 0. The van der Waals surface area contributed by atoms with Crippen LogP contribution in [-0.4, -0.2) is 38.9 Å². The Balaban J connectivity index is 0.00000144. The molecule has 1 aromatic carbocycles. The van der Waals surface area contributed by atoms with Crippen LogP contribution in [0.4, 0.5) is 0 Å². The average Bonchev–Trinajstić information content (AvgIpc) is 2.15. The molecule has 1 aliphatic rings. The zero-order valence-electron chi connectivity index (χ0n) is 9.88. The minimum absolute atomic E-state index is 0. The van der Waals surface area contributed by atoms with E-state index in [2.05, 4.69) is 5.32 Å². The van der Waals surface area contributed by atoms with Crippen LogP contribution in [0, 0.1) is 6.92 Å². The second-order valence-electron chi connectivity index (χ2n) is 4.15. The van der Waals surface area contributed by atoms with Gasteiger partial charge in [-0.25, -0.2) is 8.42 Å². The van der Waals surface area contributed by atoms with Gasteiger partial charge in [-0.2, -0.15) is 4.31 Å². The molecule has 0 bridgehead atoms. The SMILES string of the molecule is Cc1cccc(S(=O)(=O)N(C)C2CNC2)c1.Cl. The molecule has 6 heteroatoms. The fourth-order valence-corrected chi connectivity index (χ4v) is 3.13. The molecule has 17 heavy (non-hydrogen) atoms. The van der Waals surface area contributed by atoms with Gasteiger partial charge in [-0.05, 0) is 24.6 Å². The second kappa shape index (κ2) is 5.35. The number of sulfonamides is 1. The van der Waals surface area contributed by atoms with E-state index in [1.54, 1.807) is 25.2 Å². The van der Waals surface area contributed by atoms with Crippen LogP contribution in [0.3, 0.4) is 0 Å². The third-order valence-electron chi connectivity index (χ3n) is 2.94. The smallest absolute Gasteiger partial charge is 0.243 e. The molecule has 0 radical (unpaired) electrons. The zero-order chi connectivity index (χ0) is 11.8. The third-order valence-corrected chi connectivity index (χ3v) is 4.85. The average molecular weight is 277 g/mol. The molecule has 0 unspecified atom stereocenters. The monoisotopic (exact) mass is 276 g/mol. The van der Waals surface area contributed by atoms with Gasteiger partial charge in [-0.15, -0.1) is 12.4 Å². The molecule has 1 saturated heterocycles. The van der Waals surface area contributed by atoms with E-state index in [1.165, 1.54) is 4.31 Å². The quantitative estimate of drug-likeness (QED) is 0.896. The molecule has 0 spiro atoms. The van der Waals surface area contributed by atoms with E-state index in [-0.39, 0.29) is 18.4 Å². The van der Waals surface area contributed by atoms with E-state index in [0.717, 1.165) is 18.7 Å². The Kier molecular flexibility index (Phi) is 4.55. The van der Waals surface area contributed by atoms with Crippen LogP contribution in [0.25, 0.3) is 0 Å². The molecule has 1 aliphatic heterocycles. The van der Waals surface area contributed by atoms with Gasteiger partial charge in [-0.3, -0.25) is 0 Å². The molecule has 0 atom stereocenters. The maximum atomic E-state index is 12.2. The first kappa shape index (κ1) is 14.4. The highest BCUT2D eigenvalue weighted by atomic mass is 35.5. The van der Waals surface area contributed by atoms with Crippen LogP contribution in [0.15, 0.2) is 29.2 Å². The Morgan fingerprint density at radius 1 is 1.35 bits per heavy atom. The number of hydrogen-bond acceptors (Lipinski definition) is 3. The van der Waals surface area contributed by atoms with Crippen molar-refractivity contribution in [2.24, 2.45) is 0 Å². The van der Waals surface area contributed by atoms with Gasteiger partial charge in [0.1, 0.15) is 0 Å². The molecule has 0 aliphatic carbocycles. The van der Waals surface area contributed by atoms with Gasteiger partial charge in [0.25, 0.3) is 0 Å². The first-order valence-electron chi connectivity index (χ1n) is 5.27. The Morgan fingerprint density at radius 2 is 2.00 bits per heavy atom. The maximum absolute atomic E-state index is 12.2. The third kappa shape index (κ3) is 2.80. The van der Waals surface area contributed by atoms with Crippen LogP contribution in [0.5, 0.6) is 0 Å². The fraction of sp³-hybridized carbons (Fsp3) is 0.455. The van der Waals surface area contributed by atoms with E-state index in [0.29, 0.717) is 4.90 Å². The van der Waals surface area contributed by atoms with Crippen molar-refractivity contribution in [3.05, 3.63) is 29.8 Å². The van der Waals surface area contributed by atoms with Crippen molar-refractivity contribution in [3.8, 4) is 0 Å². The van der Waals surface area contributed by atoms with Crippen molar-refractivity contribution >= 4 is 22.4 Å². The van der Waals surface area contributed by atoms with Crippen LogP contribution >= 0.6 is 12.4 Å².